The van der Waals surface area contributed by atoms with E-state index in [1.807, 2.05) is 62.4 Å². The summed E-state index contributed by atoms with van der Waals surface area (Å²) >= 11 is 6.49. The molecule has 0 aromatic heterocycles. The smallest absolute Gasteiger partial charge is 0.264 e. The van der Waals surface area contributed by atoms with E-state index in [4.69, 9.17) is 16.3 Å². The van der Waals surface area contributed by atoms with Gasteiger partial charge in [-0.1, -0.05) is 90.7 Å². The Morgan fingerprint density at radius 2 is 1.58 bits per heavy atom. The van der Waals surface area contributed by atoms with E-state index in [9.17, 15) is 18.0 Å². The van der Waals surface area contributed by atoms with Crippen LogP contribution in [0.5, 0.6) is 5.75 Å². The fourth-order valence-corrected chi connectivity index (χ4v) is 7.57. The summed E-state index contributed by atoms with van der Waals surface area (Å²) in [5, 5.41) is 3.57. The molecule has 1 fully saturated rings. The second-order valence-electron chi connectivity index (χ2n) is 12.3. The van der Waals surface area contributed by atoms with Crippen LogP contribution >= 0.6 is 11.6 Å². The third kappa shape index (κ3) is 8.57. The highest BCUT2D eigenvalue weighted by Gasteiger charge is 2.35. The van der Waals surface area contributed by atoms with Crippen LogP contribution in [0.15, 0.2) is 102 Å². The van der Waals surface area contributed by atoms with Crippen molar-refractivity contribution >= 4 is 39.1 Å². The number of hydrogen-bond donors (Lipinski definition) is 1. The number of anilines is 1. The van der Waals surface area contributed by atoms with E-state index in [0.29, 0.717) is 10.8 Å². The molecule has 0 radical (unpaired) electrons. The minimum absolute atomic E-state index is 0.0256. The highest BCUT2D eigenvalue weighted by atomic mass is 35.5. The fraction of sp³-hybridized carbons (Fsp3) is 0.316. The SMILES string of the molecule is COc1cccc(CN(C(=O)CN(c2ccc(C)c(Cl)c2)S(=O)(=O)c2ccc(C)cc2)[C@H](Cc2ccccc2)C(=O)NC2CCCC2)c1. The highest BCUT2D eigenvalue weighted by molar-refractivity contribution is 7.92. The van der Waals surface area contributed by atoms with Crippen LogP contribution in [0, 0.1) is 13.8 Å². The van der Waals surface area contributed by atoms with Crippen molar-refractivity contribution in [3.63, 3.8) is 0 Å². The van der Waals surface area contributed by atoms with Crippen molar-refractivity contribution in [2.45, 2.75) is 69.5 Å². The molecule has 0 unspecified atom stereocenters. The van der Waals surface area contributed by atoms with Gasteiger partial charge >= 0.3 is 0 Å². The Bertz CT molecular complexity index is 1830. The van der Waals surface area contributed by atoms with Crippen molar-refractivity contribution < 1.29 is 22.7 Å². The van der Waals surface area contributed by atoms with Crippen molar-refractivity contribution in [3.05, 3.63) is 124 Å². The third-order valence-electron chi connectivity index (χ3n) is 8.79. The number of nitrogens with zero attached hydrogens (tertiary/aromatic N) is 2. The average molecular weight is 688 g/mol. The second kappa shape index (κ2) is 15.7. The van der Waals surface area contributed by atoms with Gasteiger partial charge in [0, 0.05) is 24.0 Å². The maximum atomic E-state index is 14.7. The molecule has 1 saturated carbocycles. The van der Waals surface area contributed by atoms with E-state index in [2.05, 4.69) is 5.32 Å². The molecule has 1 aliphatic rings. The van der Waals surface area contributed by atoms with E-state index in [0.717, 1.165) is 52.2 Å². The molecule has 10 heteroatoms. The zero-order valence-corrected chi connectivity index (χ0v) is 29.1. The summed E-state index contributed by atoms with van der Waals surface area (Å²) in [6.45, 7) is 3.20. The molecule has 1 aliphatic carbocycles. The first kappa shape index (κ1) is 35.0. The number of amides is 2. The number of rotatable bonds is 13. The number of sulfonamides is 1. The number of benzene rings is 4. The van der Waals surface area contributed by atoms with Crippen LogP contribution in [0.2, 0.25) is 5.02 Å². The van der Waals surface area contributed by atoms with E-state index >= 15 is 0 Å². The minimum Gasteiger partial charge on any atom is -0.497 e. The lowest BCUT2D eigenvalue weighted by Gasteiger charge is -2.34. The number of carbonyl (C=O) groups excluding carboxylic acids is 2. The van der Waals surface area contributed by atoms with Crippen molar-refractivity contribution in [2.24, 2.45) is 0 Å². The molecule has 0 spiro atoms. The molecule has 1 N–H and O–H groups in total. The molecule has 5 rings (SSSR count). The molecule has 0 bridgehead atoms. The van der Waals surface area contributed by atoms with Crippen LogP contribution in [0.1, 0.15) is 47.9 Å². The van der Waals surface area contributed by atoms with E-state index in [-0.39, 0.29) is 35.5 Å². The Morgan fingerprint density at radius 1 is 0.896 bits per heavy atom. The first-order valence-electron chi connectivity index (χ1n) is 16.2. The monoisotopic (exact) mass is 687 g/mol. The van der Waals surface area contributed by atoms with E-state index < -0.39 is 28.5 Å². The van der Waals surface area contributed by atoms with Crippen LogP contribution in [0.4, 0.5) is 5.69 Å². The molecule has 0 saturated heterocycles. The van der Waals surface area contributed by atoms with E-state index in [1.165, 1.54) is 17.0 Å². The standard InChI is InChI=1S/C38H42ClN3O5S/c1-27-16-20-34(21-17-27)48(45,46)42(32-19-18-28(2)35(39)24-32)26-37(43)41(25-30-12-9-15-33(22-30)47-3)36(23-29-10-5-4-6-11-29)38(44)40-31-13-7-8-14-31/h4-6,9-12,15-22,24,31,36H,7-8,13-14,23,25-26H2,1-3H3,(H,40,44)/t36-/m1/s1. The molecule has 0 heterocycles. The summed E-state index contributed by atoms with van der Waals surface area (Å²) in [6, 6.07) is 27.3. The van der Waals surface area contributed by atoms with Gasteiger partial charge in [0.2, 0.25) is 11.8 Å². The topological polar surface area (TPSA) is 96.0 Å². The van der Waals surface area contributed by atoms with Crippen molar-refractivity contribution in [2.75, 3.05) is 18.0 Å². The number of carbonyl (C=O) groups is 2. The van der Waals surface area contributed by atoms with E-state index in [1.54, 1.807) is 43.5 Å². The van der Waals surface area contributed by atoms with Gasteiger partial charge in [0.25, 0.3) is 10.0 Å². The lowest BCUT2D eigenvalue weighted by molar-refractivity contribution is -0.140. The fourth-order valence-electron chi connectivity index (χ4n) is 5.99. The van der Waals surface area contributed by atoms with Gasteiger partial charge in [-0.3, -0.25) is 13.9 Å². The molecule has 8 nitrogen and oxygen atoms in total. The van der Waals surface area contributed by atoms with Crippen molar-refractivity contribution in [1.29, 1.82) is 0 Å². The lowest BCUT2D eigenvalue weighted by Crippen LogP contribution is -2.54. The number of ether oxygens (including phenoxy) is 1. The van der Waals surface area contributed by atoms with Gasteiger partial charge in [-0.15, -0.1) is 0 Å². The number of hydrogen-bond acceptors (Lipinski definition) is 5. The van der Waals surface area contributed by atoms with Gasteiger partial charge < -0.3 is 15.0 Å². The Hall–Kier alpha value is -4.34. The van der Waals surface area contributed by atoms with Gasteiger partial charge in [0.15, 0.2) is 0 Å². The van der Waals surface area contributed by atoms with Gasteiger partial charge in [0.05, 0.1) is 17.7 Å². The zero-order chi connectivity index (χ0) is 34.3. The Morgan fingerprint density at radius 3 is 2.25 bits per heavy atom. The Labute approximate surface area is 288 Å². The van der Waals surface area contributed by atoms with Crippen LogP contribution in [0.25, 0.3) is 0 Å². The normalized spacial score (nSPS) is 13.9. The quantitative estimate of drug-likeness (QED) is 0.166. The number of halogens is 1. The Balaban J connectivity index is 1.59. The molecule has 0 aliphatic heterocycles. The lowest BCUT2D eigenvalue weighted by atomic mass is 10.0. The predicted molar refractivity (Wildman–Crippen MR) is 190 cm³/mol. The molecular formula is C38H42ClN3O5S. The molecular weight excluding hydrogens is 646 g/mol. The van der Waals surface area contributed by atoms with Gasteiger partial charge in [-0.2, -0.15) is 0 Å². The van der Waals surface area contributed by atoms with Crippen LogP contribution in [-0.2, 0) is 32.6 Å². The van der Waals surface area contributed by atoms with Crippen molar-refractivity contribution in [1.82, 2.24) is 10.2 Å². The average Bonchev–Trinajstić information content (AvgIpc) is 3.60. The second-order valence-corrected chi connectivity index (χ2v) is 14.6. The van der Waals surface area contributed by atoms with Gasteiger partial charge in [-0.05, 0) is 79.8 Å². The third-order valence-corrected chi connectivity index (χ3v) is 11.0. The maximum absolute atomic E-state index is 14.7. The summed E-state index contributed by atoms with van der Waals surface area (Å²) in [4.78, 5) is 30.4. The molecule has 48 heavy (non-hydrogen) atoms. The summed E-state index contributed by atoms with van der Waals surface area (Å²) < 4.78 is 35.1. The molecule has 2 amide bonds. The van der Waals surface area contributed by atoms with Crippen LogP contribution < -0.4 is 14.4 Å². The molecule has 4 aromatic carbocycles. The summed E-state index contributed by atoms with van der Waals surface area (Å²) in [5.41, 5.74) is 3.53. The summed E-state index contributed by atoms with van der Waals surface area (Å²) in [7, 11) is -2.66. The van der Waals surface area contributed by atoms with Gasteiger partial charge in [0.1, 0.15) is 18.3 Å². The number of methoxy groups -OCH3 is 1. The van der Waals surface area contributed by atoms with Crippen LogP contribution in [-0.4, -0.2) is 50.9 Å². The zero-order valence-electron chi connectivity index (χ0n) is 27.6. The number of nitrogens with one attached hydrogen (secondary N) is 1. The minimum atomic E-state index is -4.23. The molecule has 252 valence electrons. The largest absolute Gasteiger partial charge is 0.497 e. The Kier molecular flexibility index (Phi) is 11.4. The number of aryl methyl sites for hydroxylation is 2. The predicted octanol–water partition coefficient (Wildman–Crippen LogP) is 6.86. The van der Waals surface area contributed by atoms with Gasteiger partial charge in [-0.25, -0.2) is 8.42 Å². The highest BCUT2D eigenvalue weighted by Crippen LogP contribution is 2.29. The van der Waals surface area contributed by atoms with Crippen LogP contribution in [0.3, 0.4) is 0 Å². The molecule has 1 atom stereocenters. The van der Waals surface area contributed by atoms with Crippen molar-refractivity contribution in [3.8, 4) is 5.75 Å². The first-order valence-corrected chi connectivity index (χ1v) is 18.0. The summed E-state index contributed by atoms with van der Waals surface area (Å²) in [5.74, 6) is -0.200. The summed E-state index contributed by atoms with van der Waals surface area (Å²) in [6.07, 6.45) is 4.07. The maximum Gasteiger partial charge on any atom is 0.264 e. The molecule has 4 aromatic rings. The first-order chi connectivity index (χ1) is 23.0.